The van der Waals surface area contributed by atoms with Gasteiger partial charge in [-0.25, -0.2) is 8.42 Å². The van der Waals surface area contributed by atoms with Crippen molar-refractivity contribution in [2.75, 3.05) is 20.1 Å². The molecule has 1 unspecified atom stereocenters. The van der Waals surface area contributed by atoms with E-state index in [2.05, 4.69) is 4.90 Å². The van der Waals surface area contributed by atoms with E-state index < -0.39 is 10.0 Å². The van der Waals surface area contributed by atoms with Crippen LogP contribution in [0.15, 0.2) is 29.2 Å². The van der Waals surface area contributed by atoms with Gasteiger partial charge in [-0.15, -0.1) is 0 Å². The molecule has 1 spiro atoms. The fraction of sp³-hybridized carbons (Fsp3) is 0.625. The molecule has 0 radical (unpaired) electrons. The van der Waals surface area contributed by atoms with Crippen LogP contribution >= 0.6 is 0 Å². The van der Waals surface area contributed by atoms with Crippen molar-refractivity contribution in [1.82, 2.24) is 9.21 Å². The maximum absolute atomic E-state index is 12.7. The minimum Gasteiger partial charge on any atom is -0.298 e. The monoisotopic (exact) mass is 306 g/mol. The van der Waals surface area contributed by atoms with Gasteiger partial charge in [0.15, 0.2) is 0 Å². The largest absolute Gasteiger partial charge is 0.298 e. The lowest BCUT2D eigenvalue weighted by Gasteiger charge is -2.32. The summed E-state index contributed by atoms with van der Waals surface area (Å²) in [6, 6.07) is 8.22. The number of nitrogens with zero attached hydrogens (tertiary/aromatic N) is 2. The Labute approximate surface area is 126 Å². The first-order valence-corrected chi connectivity index (χ1v) is 9.32. The molecule has 0 aromatic heterocycles. The molecule has 3 aliphatic rings. The van der Waals surface area contributed by atoms with E-state index in [1.54, 1.807) is 17.4 Å². The van der Waals surface area contributed by atoms with Gasteiger partial charge in [-0.2, -0.15) is 4.31 Å². The highest BCUT2D eigenvalue weighted by atomic mass is 32.2. The van der Waals surface area contributed by atoms with Crippen LogP contribution in [0.5, 0.6) is 0 Å². The first-order chi connectivity index (χ1) is 10.1. The minimum absolute atomic E-state index is 0.335. The molecule has 1 saturated carbocycles. The van der Waals surface area contributed by atoms with Crippen molar-refractivity contribution in [2.45, 2.75) is 48.6 Å². The van der Waals surface area contributed by atoms with Crippen molar-refractivity contribution in [2.24, 2.45) is 0 Å². The predicted octanol–water partition coefficient (Wildman–Crippen LogP) is 2.16. The highest BCUT2D eigenvalue weighted by Gasteiger charge is 2.55. The first kappa shape index (κ1) is 13.7. The van der Waals surface area contributed by atoms with Crippen molar-refractivity contribution in [1.29, 1.82) is 0 Å². The van der Waals surface area contributed by atoms with E-state index in [0.29, 0.717) is 10.9 Å². The van der Waals surface area contributed by atoms with Crippen LogP contribution in [0.25, 0.3) is 0 Å². The quantitative estimate of drug-likeness (QED) is 0.798. The second-order valence-electron chi connectivity index (χ2n) is 6.66. The molecule has 1 aliphatic carbocycles. The van der Waals surface area contributed by atoms with Gasteiger partial charge < -0.3 is 0 Å². The summed E-state index contributed by atoms with van der Waals surface area (Å²) in [6.45, 7) is 1.86. The SMILES string of the molecule is CN1C2(CCN(C3CCCC3)C2)c2ccccc2S1(=O)=O. The van der Waals surface area contributed by atoms with Crippen molar-refractivity contribution in [3.8, 4) is 0 Å². The first-order valence-electron chi connectivity index (χ1n) is 7.88. The van der Waals surface area contributed by atoms with Crippen LogP contribution in [-0.2, 0) is 15.6 Å². The number of hydrogen-bond acceptors (Lipinski definition) is 3. The van der Waals surface area contributed by atoms with Gasteiger partial charge in [0, 0.05) is 26.2 Å². The zero-order chi connectivity index (χ0) is 14.7. The maximum Gasteiger partial charge on any atom is 0.244 e. The number of fused-ring (bicyclic) bond motifs is 2. The summed E-state index contributed by atoms with van der Waals surface area (Å²) in [5, 5.41) is 0. The summed E-state index contributed by atoms with van der Waals surface area (Å²) in [6.07, 6.45) is 6.09. The molecule has 1 atom stereocenters. The summed E-state index contributed by atoms with van der Waals surface area (Å²) in [4.78, 5) is 3.04. The van der Waals surface area contributed by atoms with E-state index >= 15 is 0 Å². The molecule has 0 amide bonds. The maximum atomic E-state index is 12.7. The zero-order valence-electron chi connectivity index (χ0n) is 12.5. The highest BCUT2D eigenvalue weighted by Crippen LogP contribution is 2.49. The second kappa shape index (κ2) is 4.54. The molecule has 21 heavy (non-hydrogen) atoms. The number of rotatable bonds is 1. The Morgan fingerprint density at radius 1 is 1.19 bits per heavy atom. The van der Waals surface area contributed by atoms with Gasteiger partial charge >= 0.3 is 0 Å². The molecule has 4 nitrogen and oxygen atoms in total. The average Bonchev–Trinajstić information content (AvgIpc) is 3.18. The van der Waals surface area contributed by atoms with E-state index in [-0.39, 0.29) is 5.54 Å². The lowest BCUT2D eigenvalue weighted by Crippen LogP contribution is -2.44. The van der Waals surface area contributed by atoms with Gasteiger partial charge in [-0.3, -0.25) is 4.90 Å². The normalized spacial score (nSPS) is 33.0. The Balaban J connectivity index is 1.75. The minimum atomic E-state index is -3.32. The van der Waals surface area contributed by atoms with Crippen LogP contribution in [0.3, 0.4) is 0 Å². The average molecular weight is 306 g/mol. The van der Waals surface area contributed by atoms with Crippen LogP contribution < -0.4 is 0 Å². The summed E-state index contributed by atoms with van der Waals surface area (Å²) in [5.41, 5.74) is 0.672. The van der Waals surface area contributed by atoms with Gasteiger partial charge in [-0.05, 0) is 30.9 Å². The van der Waals surface area contributed by atoms with Gasteiger partial charge in [0.2, 0.25) is 10.0 Å². The van der Waals surface area contributed by atoms with Crippen LogP contribution in [-0.4, -0.2) is 43.8 Å². The summed E-state index contributed by atoms with van der Waals surface area (Å²) in [5.74, 6) is 0. The lowest BCUT2D eigenvalue weighted by atomic mass is 9.89. The number of hydrogen-bond donors (Lipinski definition) is 0. The standard InChI is InChI=1S/C16H22N2O2S/c1-17-16(10-11-18(12-16)13-6-2-3-7-13)14-8-4-5-9-15(14)21(17,19)20/h4-5,8-9,13H,2-3,6-7,10-12H2,1H3. The fourth-order valence-electron chi connectivity index (χ4n) is 4.50. The molecule has 1 saturated heterocycles. The number of benzene rings is 1. The van der Waals surface area contributed by atoms with Crippen molar-refractivity contribution in [3.63, 3.8) is 0 Å². The zero-order valence-corrected chi connectivity index (χ0v) is 13.3. The molecule has 2 fully saturated rings. The highest BCUT2D eigenvalue weighted by molar-refractivity contribution is 7.89. The molecular formula is C16H22N2O2S. The molecule has 0 bridgehead atoms. The molecule has 2 aliphatic heterocycles. The lowest BCUT2D eigenvalue weighted by molar-refractivity contribution is 0.187. The second-order valence-corrected chi connectivity index (χ2v) is 8.60. The summed E-state index contributed by atoms with van der Waals surface area (Å²) >= 11 is 0. The third-order valence-corrected chi connectivity index (χ3v) is 7.73. The molecule has 0 N–H and O–H groups in total. The Morgan fingerprint density at radius 2 is 1.90 bits per heavy atom. The summed E-state index contributed by atoms with van der Waals surface area (Å²) < 4.78 is 27.0. The van der Waals surface area contributed by atoms with E-state index in [4.69, 9.17) is 0 Å². The third-order valence-electron chi connectivity index (χ3n) is 5.75. The topological polar surface area (TPSA) is 40.6 Å². The summed E-state index contributed by atoms with van der Waals surface area (Å²) in [7, 11) is -1.56. The van der Waals surface area contributed by atoms with E-state index in [1.165, 1.54) is 25.7 Å². The number of likely N-dealkylation sites (tertiary alicyclic amines) is 1. The van der Waals surface area contributed by atoms with Crippen molar-refractivity contribution >= 4 is 10.0 Å². The smallest absolute Gasteiger partial charge is 0.244 e. The molecule has 1 aromatic carbocycles. The Kier molecular flexibility index (Phi) is 2.97. The van der Waals surface area contributed by atoms with Gasteiger partial charge in [0.25, 0.3) is 0 Å². The number of sulfonamides is 1. The Hall–Kier alpha value is -0.910. The van der Waals surface area contributed by atoms with Crippen molar-refractivity contribution in [3.05, 3.63) is 29.8 Å². The van der Waals surface area contributed by atoms with Gasteiger partial charge in [-0.1, -0.05) is 31.0 Å². The molecule has 2 heterocycles. The van der Waals surface area contributed by atoms with Crippen molar-refractivity contribution < 1.29 is 8.42 Å². The Morgan fingerprint density at radius 3 is 2.67 bits per heavy atom. The molecular weight excluding hydrogens is 284 g/mol. The Bertz CT molecular complexity index is 667. The van der Waals surface area contributed by atoms with Gasteiger partial charge in [0.1, 0.15) is 0 Å². The molecule has 5 heteroatoms. The van der Waals surface area contributed by atoms with E-state index in [1.807, 2.05) is 18.2 Å². The number of likely N-dealkylation sites (N-methyl/N-ethyl adjacent to an activating group) is 1. The van der Waals surface area contributed by atoms with E-state index in [9.17, 15) is 8.42 Å². The molecule has 4 rings (SSSR count). The van der Waals surface area contributed by atoms with Crippen LogP contribution in [0, 0.1) is 0 Å². The fourth-order valence-corrected chi connectivity index (χ4v) is 6.29. The van der Waals surface area contributed by atoms with Gasteiger partial charge in [0.05, 0.1) is 10.4 Å². The van der Waals surface area contributed by atoms with E-state index in [0.717, 1.165) is 25.1 Å². The predicted molar refractivity (Wildman–Crippen MR) is 81.5 cm³/mol. The van der Waals surface area contributed by atoms with Crippen LogP contribution in [0.2, 0.25) is 0 Å². The molecule has 114 valence electrons. The third kappa shape index (κ3) is 1.77. The van der Waals surface area contributed by atoms with Crippen LogP contribution in [0.1, 0.15) is 37.7 Å². The van der Waals surface area contributed by atoms with Crippen LogP contribution in [0.4, 0.5) is 0 Å². The molecule has 1 aromatic rings.